The Morgan fingerprint density at radius 1 is 1.03 bits per heavy atom. The van der Waals surface area contributed by atoms with Crippen molar-refractivity contribution >= 4 is 16.9 Å². The van der Waals surface area contributed by atoms with Crippen molar-refractivity contribution in [3.63, 3.8) is 0 Å². The summed E-state index contributed by atoms with van der Waals surface area (Å²) in [5.41, 5.74) is 2.86. The Morgan fingerprint density at radius 2 is 1.66 bits per heavy atom. The summed E-state index contributed by atoms with van der Waals surface area (Å²) in [5, 5.41) is 5.36. The van der Waals surface area contributed by atoms with Gasteiger partial charge in [0.1, 0.15) is 0 Å². The van der Waals surface area contributed by atoms with Crippen molar-refractivity contribution in [2.24, 2.45) is 0 Å². The number of benzene rings is 1. The number of ether oxygens (including phenoxy) is 1. The number of hydrogen-bond acceptors (Lipinski definition) is 4. The Balaban J connectivity index is 0. The maximum atomic E-state index is 12.1. The van der Waals surface area contributed by atoms with Gasteiger partial charge in [-0.25, -0.2) is 9.48 Å². The molecule has 5 heteroatoms. The third-order valence-electron chi connectivity index (χ3n) is 3.17. The van der Waals surface area contributed by atoms with Crippen LogP contribution in [0.5, 0.6) is 0 Å². The fourth-order valence-corrected chi connectivity index (χ4v) is 2.31. The van der Waals surface area contributed by atoms with Crippen molar-refractivity contribution < 1.29 is 9.53 Å². The fraction of sp³-hybridized carbons (Fsp3) is 0.375. The van der Waals surface area contributed by atoms with E-state index in [9.17, 15) is 4.79 Å². The number of aromatic nitrogens is 3. The maximum Gasteiger partial charge on any atom is 0.357 e. The molecule has 3 aromatic rings. The molecule has 2 aromatic heterocycles. The minimum Gasteiger partial charge on any atom is -0.461 e. The summed E-state index contributed by atoms with van der Waals surface area (Å²) >= 11 is 0. The smallest absolute Gasteiger partial charge is 0.357 e. The molecule has 3 rings (SSSR count). The van der Waals surface area contributed by atoms with E-state index in [-0.39, 0.29) is 5.97 Å². The van der Waals surface area contributed by atoms with Gasteiger partial charge in [-0.3, -0.25) is 4.98 Å². The first-order valence-corrected chi connectivity index (χ1v) is 10.3. The van der Waals surface area contributed by atoms with Gasteiger partial charge in [0.05, 0.1) is 23.5 Å². The monoisotopic (exact) mass is 399 g/mol. The number of aryl methyl sites for hydroxylation is 1. The lowest BCUT2D eigenvalue weighted by molar-refractivity contribution is 0.0516. The molecule has 0 spiro atoms. The molecule has 0 amide bonds. The summed E-state index contributed by atoms with van der Waals surface area (Å²) < 4.78 is 6.72. The van der Waals surface area contributed by atoms with Crippen molar-refractivity contribution in [2.45, 2.75) is 55.4 Å². The van der Waals surface area contributed by atoms with Gasteiger partial charge in [0.2, 0.25) is 0 Å². The number of nitrogens with zero attached hydrogens (tertiary/aromatic N) is 3. The Bertz CT molecular complexity index is 821. The zero-order valence-corrected chi connectivity index (χ0v) is 19.3. The van der Waals surface area contributed by atoms with E-state index in [1.54, 1.807) is 23.9 Å². The lowest BCUT2D eigenvalue weighted by atomic mass is 10.2. The molecule has 0 radical (unpaired) electrons. The number of carbonyl (C=O) groups excluding carboxylic acids is 1. The van der Waals surface area contributed by atoms with E-state index in [1.807, 2.05) is 78.8 Å². The molecular weight excluding hydrogens is 362 g/mol. The van der Waals surface area contributed by atoms with Crippen LogP contribution in [-0.4, -0.2) is 27.3 Å². The molecule has 0 unspecified atom stereocenters. The molecule has 2 heterocycles. The summed E-state index contributed by atoms with van der Waals surface area (Å²) in [6.45, 7) is 22.0. The van der Waals surface area contributed by atoms with Crippen LogP contribution in [0.25, 0.3) is 16.6 Å². The molecule has 160 valence electrons. The van der Waals surface area contributed by atoms with Crippen LogP contribution in [0.2, 0.25) is 0 Å². The molecule has 0 N–H and O–H groups in total. The van der Waals surface area contributed by atoms with Gasteiger partial charge in [-0.15, -0.1) is 13.2 Å². The predicted molar refractivity (Wildman–Crippen MR) is 125 cm³/mol. The van der Waals surface area contributed by atoms with Gasteiger partial charge in [-0.2, -0.15) is 5.10 Å². The molecule has 0 aliphatic heterocycles. The van der Waals surface area contributed by atoms with Gasteiger partial charge in [-0.05, 0) is 44.2 Å². The average molecular weight is 400 g/mol. The molecule has 0 saturated carbocycles. The van der Waals surface area contributed by atoms with E-state index in [0.717, 1.165) is 22.3 Å². The van der Waals surface area contributed by atoms with E-state index in [2.05, 4.69) is 23.2 Å². The second-order valence-electron chi connectivity index (χ2n) is 4.65. The molecular formula is C24H37N3O2. The molecule has 1 aromatic carbocycles. The molecule has 5 nitrogen and oxygen atoms in total. The summed E-state index contributed by atoms with van der Waals surface area (Å²) in [4.78, 5) is 16.4. The van der Waals surface area contributed by atoms with Crippen molar-refractivity contribution in [1.29, 1.82) is 0 Å². The molecule has 0 atom stereocenters. The Morgan fingerprint density at radius 3 is 2.24 bits per heavy atom. The van der Waals surface area contributed by atoms with Crippen molar-refractivity contribution in [3.05, 3.63) is 67.1 Å². The maximum absolute atomic E-state index is 12.1. The largest absolute Gasteiger partial charge is 0.461 e. The summed E-state index contributed by atoms with van der Waals surface area (Å²) in [6.07, 6.45) is 1.74. The summed E-state index contributed by atoms with van der Waals surface area (Å²) in [7, 11) is 0. The second kappa shape index (κ2) is 17.2. The Hall–Kier alpha value is -2.95. The van der Waals surface area contributed by atoms with Crippen LogP contribution in [0.4, 0.5) is 0 Å². The number of pyridine rings is 1. The highest BCUT2D eigenvalue weighted by molar-refractivity contribution is 5.92. The molecule has 0 saturated heterocycles. The zero-order chi connectivity index (χ0) is 22.8. The van der Waals surface area contributed by atoms with Crippen LogP contribution in [0.3, 0.4) is 0 Å². The van der Waals surface area contributed by atoms with E-state index in [4.69, 9.17) is 4.74 Å². The van der Waals surface area contributed by atoms with Gasteiger partial charge in [-0.1, -0.05) is 47.6 Å². The normalized spacial score (nSPS) is 8.55. The van der Waals surface area contributed by atoms with Crippen LogP contribution in [0.1, 0.15) is 64.6 Å². The minimum absolute atomic E-state index is 0.333. The fourth-order valence-electron chi connectivity index (χ4n) is 2.31. The molecule has 29 heavy (non-hydrogen) atoms. The van der Waals surface area contributed by atoms with Gasteiger partial charge >= 0.3 is 5.97 Å². The molecule has 0 bridgehead atoms. The van der Waals surface area contributed by atoms with Crippen LogP contribution in [0.15, 0.2) is 55.8 Å². The highest BCUT2D eigenvalue weighted by Crippen LogP contribution is 2.22. The Labute approximate surface area is 176 Å². The predicted octanol–water partition coefficient (Wildman–Crippen LogP) is 6.79. The number of hydrogen-bond donors (Lipinski definition) is 0. The average Bonchev–Trinajstić information content (AvgIpc) is 3.20. The van der Waals surface area contributed by atoms with Crippen molar-refractivity contribution in [3.8, 4) is 5.69 Å². The number of fused-ring (bicyclic) bond motifs is 1. The van der Waals surface area contributed by atoms with Crippen LogP contribution >= 0.6 is 0 Å². The van der Waals surface area contributed by atoms with E-state index < -0.39 is 0 Å². The molecule has 0 aliphatic carbocycles. The SMILES string of the molecule is C=C.CC.CC.CC.CCOC(=O)c1cc(C)nn1-c1cccc2ncccc12. The van der Waals surface area contributed by atoms with Crippen molar-refractivity contribution in [2.75, 3.05) is 6.61 Å². The highest BCUT2D eigenvalue weighted by Gasteiger charge is 2.17. The van der Waals surface area contributed by atoms with E-state index >= 15 is 0 Å². The second-order valence-corrected chi connectivity index (χ2v) is 4.65. The lowest BCUT2D eigenvalue weighted by Crippen LogP contribution is -2.12. The lowest BCUT2D eigenvalue weighted by Gasteiger charge is -2.09. The third-order valence-corrected chi connectivity index (χ3v) is 3.17. The number of rotatable bonds is 3. The number of esters is 1. The zero-order valence-electron chi connectivity index (χ0n) is 19.3. The summed E-state index contributed by atoms with van der Waals surface area (Å²) in [5.74, 6) is -0.376. The quantitative estimate of drug-likeness (QED) is 0.359. The first kappa shape index (κ1) is 28.3. The van der Waals surface area contributed by atoms with Gasteiger partial charge in [0, 0.05) is 11.6 Å². The van der Waals surface area contributed by atoms with Gasteiger partial charge in [0.15, 0.2) is 5.69 Å². The van der Waals surface area contributed by atoms with Crippen LogP contribution < -0.4 is 0 Å². The Kier molecular flexibility index (Phi) is 16.7. The standard InChI is InChI=1S/C16H15N3O2.3C2H6.C2H4/c1-3-21-16(20)15-10-11(2)18-19(15)14-8-4-7-13-12(14)6-5-9-17-13;4*1-2/h4-10H,3H2,1-2H3;3*1-2H3;1-2H2. The van der Waals surface area contributed by atoms with E-state index in [0.29, 0.717) is 12.3 Å². The van der Waals surface area contributed by atoms with Crippen LogP contribution in [0, 0.1) is 6.92 Å². The first-order valence-electron chi connectivity index (χ1n) is 10.3. The van der Waals surface area contributed by atoms with Crippen LogP contribution in [-0.2, 0) is 4.74 Å². The van der Waals surface area contributed by atoms with E-state index in [1.165, 1.54) is 0 Å². The van der Waals surface area contributed by atoms with Crippen molar-refractivity contribution in [1.82, 2.24) is 14.8 Å². The minimum atomic E-state index is -0.376. The third kappa shape index (κ3) is 7.90. The molecule has 0 aliphatic rings. The summed E-state index contributed by atoms with van der Waals surface area (Å²) in [6, 6.07) is 11.3. The first-order chi connectivity index (χ1) is 14.2. The van der Waals surface area contributed by atoms with Gasteiger partial charge < -0.3 is 4.74 Å². The highest BCUT2D eigenvalue weighted by atomic mass is 16.5. The molecule has 0 fully saturated rings. The van der Waals surface area contributed by atoms with Gasteiger partial charge in [0.25, 0.3) is 0 Å². The number of carbonyl (C=O) groups is 1. The topological polar surface area (TPSA) is 57.0 Å².